The smallest absolute Gasteiger partial charge is 0.233 e. The van der Waals surface area contributed by atoms with E-state index in [1.807, 2.05) is 36.4 Å². The maximum absolute atomic E-state index is 6.06. The van der Waals surface area contributed by atoms with Crippen molar-refractivity contribution in [2.45, 2.75) is 26.0 Å². The average Bonchev–Trinajstić information content (AvgIpc) is 2.62. The minimum atomic E-state index is 0.0117. The molecule has 6 nitrogen and oxygen atoms in total. The lowest BCUT2D eigenvalue weighted by Crippen LogP contribution is -2.41. The monoisotopic (exact) mass is 329 g/mol. The highest BCUT2D eigenvalue weighted by Crippen LogP contribution is 2.31. The molecule has 0 saturated heterocycles. The van der Waals surface area contributed by atoms with E-state index in [0.717, 1.165) is 43.2 Å². The zero-order valence-corrected chi connectivity index (χ0v) is 14.1. The van der Waals surface area contributed by atoms with E-state index in [0.29, 0.717) is 12.5 Å². The molecule has 0 amide bonds. The number of ether oxygens (including phenoxy) is 3. The lowest BCUT2D eigenvalue weighted by Gasteiger charge is -2.31. The van der Waals surface area contributed by atoms with Gasteiger partial charge >= 0.3 is 0 Å². The van der Waals surface area contributed by atoms with E-state index in [-0.39, 0.29) is 6.10 Å². The molecule has 0 N–H and O–H groups in total. The van der Waals surface area contributed by atoms with Gasteiger partial charge in [-0.3, -0.25) is 4.90 Å². The Hall–Kier alpha value is -2.34. The van der Waals surface area contributed by atoms with Gasteiger partial charge in [-0.2, -0.15) is 5.10 Å². The Morgan fingerprint density at radius 2 is 2.00 bits per heavy atom. The minimum Gasteiger partial charge on any atom is -0.486 e. The second-order valence-corrected chi connectivity index (χ2v) is 5.80. The summed E-state index contributed by atoms with van der Waals surface area (Å²) in [5, 5.41) is 8.24. The van der Waals surface area contributed by atoms with Gasteiger partial charge in [0.2, 0.25) is 5.88 Å². The molecule has 0 fully saturated rings. The highest BCUT2D eigenvalue weighted by atomic mass is 16.6. The van der Waals surface area contributed by atoms with E-state index in [9.17, 15) is 0 Å². The topological polar surface area (TPSA) is 56.7 Å². The number of hydrogen-bond acceptors (Lipinski definition) is 6. The molecule has 128 valence electrons. The first kappa shape index (κ1) is 16.5. The molecule has 0 aliphatic carbocycles. The van der Waals surface area contributed by atoms with Crippen LogP contribution in [-0.4, -0.2) is 48.0 Å². The highest BCUT2D eigenvalue weighted by Gasteiger charge is 2.23. The number of fused-ring (bicyclic) bond motifs is 1. The fourth-order valence-corrected chi connectivity index (χ4v) is 2.76. The van der Waals surface area contributed by atoms with Crippen LogP contribution in [0.25, 0.3) is 0 Å². The van der Waals surface area contributed by atoms with E-state index >= 15 is 0 Å². The molecule has 1 aromatic heterocycles. The van der Waals surface area contributed by atoms with Crippen LogP contribution in [0.2, 0.25) is 0 Å². The maximum Gasteiger partial charge on any atom is 0.233 e. The Bertz CT molecular complexity index is 648. The van der Waals surface area contributed by atoms with Crippen molar-refractivity contribution in [1.29, 1.82) is 0 Å². The molecule has 0 saturated carbocycles. The Labute approximate surface area is 142 Å². The van der Waals surface area contributed by atoms with Gasteiger partial charge in [-0.15, -0.1) is 5.10 Å². The highest BCUT2D eigenvalue weighted by molar-refractivity contribution is 5.40. The third-order valence-electron chi connectivity index (χ3n) is 3.86. The summed E-state index contributed by atoms with van der Waals surface area (Å²) in [6.45, 7) is 5.21. The molecule has 1 atom stereocenters. The van der Waals surface area contributed by atoms with Gasteiger partial charge in [-0.25, -0.2) is 0 Å². The van der Waals surface area contributed by atoms with Gasteiger partial charge in [-0.1, -0.05) is 19.1 Å². The summed E-state index contributed by atoms with van der Waals surface area (Å²) in [4.78, 5) is 2.32. The summed E-state index contributed by atoms with van der Waals surface area (Å²) >= 11 is 0. The molecule has 0 bridgehead atoms. The quantitative estimate of drug-likeness (QED) is 0.778. The van der Waals surface area contributed by atoms with Gasteiger partial charge in [0.25, 0.3) is 0 Å². The van der Waals surface area contributed by atoms with Crippen LogP contribution in [0.5, 0.6) is 17.4 Å². The van der Waals surface area contributed by atoms with Crippen molar-refractivity contribution < 1.29 is 14.2 Å². The molecular weight excluding hydrogens is 306 g/mol. The molecule has 6 heteroatoms. The number of rotatable bonds is 7. The van der Waals surface area contributed by atoms with E-state index < -0.39 is 0 Å². The standard InChI is InChI=1S/C18H23N3O3/c1-3-10-21(11-14-8-9-18(22-2)20-19-14)12-15-13-23-16-6-4-5-7-17(16)24-15/h4-9,15H,3,10-13H2,1-2H3. The molecular formula is C18H23N3O3. The van der Waals surface area contributed by atoms with Crippen molar-refractivity contribution in [3.63, 3.8) is 0 Å². The second-order valence-electron chi connectivity index (χ2n) is 5.80. The number of nitrogens with zero attached hydrogens (tertiary/aromatic N) is 3. The first-order valence-corrected chi connectivity index (χ1v) is 8.26. The van der Waals surface area contributed by atoms with Gasteiger partial charge < -0.3 is 14.2 Å². The van der Waals surface area contributed by atoms with Crippen LogP contribution >= 0.6 is 0 Å². The summed E-state index contributed by atoms with van der Waals surface area (Å²) < 4.78 is 16.9. The van der Waals surface area contributed by atoms with Crippen LogP contribution in [0, 0.1) is 0 Å². The molecule has 1 aromatic carbocycles. The fraction of sp³-hybridized carbons (Fsp3) is 0.444. The predicted molar refractivity (Wildman–Crippen MR) is 90.5 cm³/mol. The fourth-order valence-electron chi connectivity index (χ4n) is 2.76. The van der Waals surface area contributed by atoms with Gasteiger partial charge in [0.15, 0.2) is 11.5 Å². The summed E-state index contributed by atoms with van der Waals surface area (Å²) in [5.41, 5.74) is 0.918. The van der Waals surface area contributed by atoms with Crippen molar-refractivity contribution in [1.82, 2.24) is 15.1 Å². The van der Waals surface area contributed by atoms with Crippen LogP contribution in [-0.2, 0) is 6.54 Å². The summed E-state index contributed by atoms with van der Waals surface area (Å²) in [5.74, 6) is 2.16. The average molecular weight is 329 g/mol. The minimum absolute atomic E-state index is 0.0117. The molecule has 24 heavy (non-hydrogen) atoms. The molecule has 2 heterocycles. The Morgan fingerprint density at radius 3 is 2.71 bits per heavy atom. The SMILES string of the molecule is CCCN(Cc1ccc(OC)nn1)CC1COc2ccccc2O1. The lowest BCUT2D eigenvalue weighted by molar-refractivity contribution is 0.0560. The summed E-state index contributed by atoms with van der Waals surface area (Å²) in [7, 11) is 1.59. The van der Waals surface area contributed by atoms with E-state index in [2.05, 4.69) is 22.0 Å². The van der Waals surface area contributed by atoms with Gasteiger partial charge in [-0.05, 0) is 31.2 Å². The Kier molecular flexibility index (Phi) is 5.48. The summed E-state index contributed by atoms with van der Waals surface area (Å²) in [6.07, 6.45) is 1.07. The van der Waals surface area contributed by atoms with Gasteiger partial charge in [0, 0.05) is 19.2 Å². The van der Waals surface area contributed by atoms with Crippen LogP contribution < -0.4 is 14.2 Å². The van der Waals surface area contributed by atoms with E-state index in [4.69, 9.17) is 14.2 Å². The summed E-state index contributed by atoms with van der Waals surface area (Å²) in [6, 6.07) is 11.6. The Morgan fingerprint density at radius 1 is 1.17 bits per heavy atom. The van der Waals surface area contributed by atoms with Crippen molar-refractivity contribution >= 4 is 0 Å². The van der Waals surface area contributed by atoms with Gasteiger partial charge in [0.05, 0.1) is 12.8 Å². The molecule has 1 aliphatic heterocycles. The maximum atomic E-state index is 6.06. The van der Waals surface area contributed by atoms with Crippen molar-refractivity contribution in [3.8, 4) is 17.4 Å². The number of methoxy groups -OCH3 is 1. The normalized spacial score (nSPS) is 16.2. The number of aromatic nitrogens is 2. The first-order valence-electron chi connectivity index (χ1n) is 8.26. The van der Waals surface area contributed by atoms with Crippen molar-refractivity contribution in [3.05, 3.63) is 42.1 Å². The number of benzene rings is 1. The molecule has 0 spiro atoms. The number of hydrogen-bond donors (Lipinski definition) is 0. The van der Waals surface area contributed by atoms with Crippen LogP contribution in [0.15, 0.2) is 36.4 Å². The Balaban J connectivity index is 1.61. The molecule has 0 radical (unpaired) electrons. The van der Waals surface area contributed by atoms with Crippen LogP contribution in [0.3, 0.4) is 0 Å². The van der Waals surface area contributed by atoms with Crippen molar-refractivity contribution in [2.24, 2.45) is 0 Å². The largest absolute Gasteiger partial charge is 0.486 e. The predicted octanol–water partition coefficient (Wildman–Crippen LogP) is 2.54. The van der Waals surface area contributed by atoms with E-state index in [1.54, 1.807) is 7.11 Å². The zero-order chi connectivity index (χ0) is 16.8. The van der Waals surface area contributed by atoms with Crippen LogP contribution in [0.4, 0.5) is 0 Å². The third kappa shape index (κ3) is 4.14. The zero-order valence-electron chi connectivity index (χ0n) is 14.1. The third-order valence-corrected chi connectivity index (χ3v) is 3.86. The number of para-hydroxylation sites is 2. The van der Waals surface area contributed by atoms with Gasteiger partial charge in [0.1, 0.15) is 12.7 Å². The van der Waals surface area contributed by atoms with Crippen molar-refractivity contribution in [2.75, 3.05) is 26.8 Å². The lowest BCUT2D eigenvalue weighted by atomic mass is 10.2. The molecule has 1 unspecified atom stereocenters. The molecule has 1 aliphatic rings. The molecule has 3 rings (SSSR count). The van der Waals surface area contributed by atoms with E-state index in [1.165, 1.54) is 0 Å². The first-order chi connectivity index (χ1) is 11.8. The molecule has 2 aromatic rings. The second kappa shape index (κ2) is 7.97. The van der Waals surface area contributed by atoms with Crippen LogP contribution in [0.1, 0.15) is 19.0 Å².